The Morgan fingerprint density at radius 2 is 1.84 bits per heavy atom. The number of ether oxygens (including phenoxy) is 2. The minimum atomic E-state index is -1.14. The molecule has 1 amide bonds. The van der Waals surface area contributed by atoms with E-state index in [9.17, 15) is 14.7 Å². The zero-order chi connectivity index (χ0) is 26.1. The lowest BCUT2D eigenvalue weighted by molar-refractivity contribution is 0.0690. The number of fused-ring (bicyclic) bond motifs is 1. The molecular weight excluding hydrogens is 478 g/mol. The van der Waals surface area contributed by atoms with Gasteiger partial charge in [0, 0.05) is 57.1 Å². The summed E-state index contributed by atoms with van der Waals surface area (Å²) >= 11 is 0. The van der Waals surface area contributed by atoms with E-state index in [1.54, 1.807) is 22.2 Å². The molecule has 0 aromatic carbocycles. The van der Waals surface area contributed by atoms with Crippen LogP contribution in [0.25, 0.3) is 11.0 Å². The number of amides is 1. The zero-order valence-electron chi connectivity index (χ0n) is 21.3. The molecule has 1 saturated heterocycles. The molecule has 4 heterocycles. The summed E-state index contributed by atoms with van der Waals surface area (Å²) in [6.07, 6.45) is 8.26. The Morgan fingerprint density at radius 3 is 2.46 bits per heavy atom. The summed E-state index contributed by atoms with van der Waals surface area (Å²) < 4.78 is 12.9. The number of hydrogen-bond acceptors (Lipinski definition) is 9. The Morgan fingerprint density at radius 1 is 1.14 bits per heavy atom. The normalized spacial score (nSPS) is 16.5. The van der Waals surface area contributed by atoms with Crippen LogP contribution in [-0.2, 0) is 11.3 Å². The summed E-state index contributed by atoms with van der Waals surface area (Å²) in [4.78, 5) is 40.5. The number of likely N-dealkylation sites (tertiary alicyclic amines) is 1. The number of carboxylic acid groups (broad SMARTS) is 1. The van der Waals surface area contributed by atoms with Gasteiger partial charge in [0.1, 0.15) is 12.4 Å². The first-order chi connectivity index (χ1) is 17.9. The van der Waals surface area contributed by atoms with E-state index in [0.717, 1.165) is 36.9 Å². The van der Waals surface area contributed by atoms with Crippen LogP contribution >= 0.6 is 0 Å². The number of aromatic nitrogens is 5. The van der Waals surface area contributed by atoms with Crippen LogP contribution in [0, 0.1) is 0 Å². The predicted molar refractivity (Wildman–Crippen MR) is 134 cm³/mol. The third kappa shape index (κ3) is 4.87. The summed E-state index contributed by atoms with van der Waals surface area (Å²) in [5.74, 6) is -0.190. The fourth-order valence-corrected chi connectivity index (χ4v) is 4.96. The van der Waals surface area contributed by atoms with Gasteiger partial charge in [-0.25, -0.2) is 29.2 Å². The van der Waals surface area contributed by atoms with Crippen LogP contribution in [0.15, 0.2) is 18.5 Å². The molecule has 5 rings (SSSR count). The fraction of sp³-hybridized carbons (Fsp3) is 0.520. The topological polar surface area (TPSA) is 136 Å². The standard InChI is InChI=1S/C25H31N7O5/c1-30(2)24-26-10-15(11-27-24)14-37-19-9-18(23(33)34)28-22-20(19)21(16-12-31(13-16)25(35)36-3)29-32(22)17-7-5-4-6-8-17/h9-11,16-17H,4-8,12-14H2,1-3H3,(H,33,34). The van der Waals surface area contributed by atoms with E-state index in [-0.39, 0.29) is 30.4 Å². The lowest BCUT2D eigenvalue weighted by Crippen LogP contribution is -2.48. The molecule has 12 nitrogen and oxygen atoms in total. The van der Waals surface area contributed by atoms with E-state index in [2.05, 4.69) is 15.0 Å². The lowest BCUT2D eigenvalue weighted by atomic mass is 9.94. The SMILES string of the molecule is COC(=O)N1CC(c2nn(C3CCCCC3)c3nc(C(=O)O)cc(OCc4cnc(N(C)C)nc4)c23)C1. The molecule has 0 bridgehead atoms. The quantitative estimate of drug-likeness (QED) is 0.505. The second kappa shape index (κ2) is 10.2. The van der Waals surface area contributed by atoms with Gasteiger partial charge in [0.25, 0.3) is 0 Å². The van der Waals surface area contributed by atoms with E-state index >= 15 is 0 Å². The van der Waals surface area contributed by atoms with E-state index in [0.29, 0.717) is 35.8 Å². The highest BCUT2D eigenvalue weighted by Crippen LogP contribution is 2.40. The van der Waals surface area contributed by atoms with Gasteiger partial charge in [-0.05, 0) is 12.8 Å². The van der Waals surface area contributed by atoms with E-state index in [4.69, 9.17) is 14.6 Å². The van der Waals surface area contributed by atoms with Gasteiger partial charge in [0.15, 0.2) is 11.3 Å². The third-order valence-corrected chi connectivity index (χ3v) is 6.98. The average Bonchev–Trinajstić information content (AvgIpc) is 3.26. The van der Waals surface area contributed by atoms with Crippen molar-refractivity contribution in [2.45, 2.75) is 50.7 Å². The van der Waals surface area contributed by atoms with E-state index in [1.165, 1.54) is 19.6 Å². The average molecular weight is 510 g/mol. The first kappa shape index (κ1) is 24.7. The molecule has 1 aliphatic heterocycles. The number of carboxylic acids is 1. The molecule has 12 heteroatoms. The maximum absolute atomic E-state index is 12.0. The number of aromatic carboxylic acids is 1. The van der Waals surface area contributed by atoms with Crippen LogP contribution < -0.4 is 9.64 Å². The number of rotatable bonds is 7. The Hall–Kier alpha value is -3.96. The molecule has 3 aromatic rings. The number of pyridine rings is 1. The highest BCUT2D eigenvalue weighted by Gasteiger charge is 2.37. The molecule has 2 fully saturated rings. The molecule has 37 heavy (non-hydrogen) atoms. The van der Waals surface area contributed by atoms with Crippen LogP contribution in [0.3, 0.4) is 0 Å². The van der Waals surface area contributed by atoms with Crippen LogP contribution in [-0.4, -0.2) is 81.1 Å². The van der Waals surface area contributed by atoms with Crippen LogP contribution in [0.1, 0.15) is 65.8 Å². The van der Waals surface area contributed by atoms with Gasteiger partial charge in [-0.3, -0.25) is 0 Å². The second-order valence-corrected chi connectivity index (χ2v) is 9.78. The van der Waals surface area contributed by atoms with Crippen LogP contribution in [0.2, 0.25) is 0 Å². The van der Waals surface area contributed by atoms with E-state index in [1.807, 2.05) is 18.8 Å². The first-order valence-corrected chi connectivity index (χ1v) is 12.5. The number of carbonyl (C=O) groups is 2. The molecule has 0 unspecified atom stereocenters. The number of hydrogen-bond donors (Lipinski definition) is 1. The van der Waals surface area contributed by atoms with Crippen molar-refractivity contribution in [1.29, 1.82) is 0 Å². The van der Waals surface area contributed by atoms with Crippen molar-refractivity contribution < 1.29 is 24.2 Å². The number of anilines is 1. The third-order valence-electron chi connectivity index (χ3n) is 6.98. The Balaban J connectivity index is 1.54. The highest BCUT2D eigenvalue weighted by atomic mass is 16.5. The van der Waals surface area contributed by atoms with Crippen molar-refractivity contribution >= 4 is 29.0 Å². The summed E-state index contributed by atoms with van der Waals surface area (Å²) in [5.41, 5.74) is 1.91. The first-order valence-electron chi connectivity index (χ1n) is 12.5. The Bertz CT molecular complexity index is 1290. The van der Waals surface area contributed by atoms with Crippen molar-refractivity contribution in [3.63, 3.8) is 0 Å². The molecule has 0 radical (unpaired) electrons. The number of carbonyl (C=O) groups excluding carboxylic acids is 1. The lowest BCUT2D eigenvalue weighted by Gasteiger charge is -2.37. The molecule has 1 saturated carbocycles. The molecule has 0 spiro atoms. The fourth-order valence-electron chi connectivity index (χ4n) is 4.96. The van der Waals surface area contributed by atoms with Gasteiger partial charge in [-0.2, -0.15) is 5.10 Å². The Kier molecular flexibility index (Phi) is 6.81. The molecule has 1 N–H and O–H groups in total. The molecule has 0 atom stereocenters. The monoisotopic (exact) mass is 509 g/mol. The molecule has 196 valence electrons. The van der Waals surface area contributed by atoms with Crippen molar-refractivity contribution in [2.75, 3.05) is 39.2 Å². The van der Waals surface area contributed by atoms with Gasteiger partial charge in [-0.1, -0.05) is 19.3 Å². The van der Waals surface area contributed by atoms with Crippen molar-refractivity contribution in [2.24, 2.45) is 0 Å². The van der Waals surface area contributed by atoms with Gasteiger partial charge in [-0.15, -0.1) is 0 Å². The number of nitrogens with zero attached hydrogens (tertiary/aromatic N) is 7. The zero-order valence-corrected chi connectivity index (χ0v) is 21.3. The molecule has 3 aromatic heterocycles. The second-order valence-electron chi connectivity index (χ2n) is 9.78. The summed E-state index contributed by atoms with van der Waals surface area (Å²) in [6.45, 7) is 1.08. The van der Waals surface area contributed by atoms with Crippen LogP contribution in [0.4, 0.5) is 10.7 Å². The number of methoxy groups -OCH3 is 1. The maximum atomic E-state index is 12.0. The Labute approximate surface area is 214 Å². The van der Waals surface area contributed by atoms with Gasteiger partial charge in [0.2, 0.25) is 5.95 Å². The summed E-state index contributed by atoms with van der Waals surface area (Å²) in [6, 6.07) is 1.59. The molecular formula is C25H31N7O5. The smallest absolute Gasteiger partial charge is 0.409 e. The van der Waals surface area contributed by atoms with Crippen molar-refractivity contribution in [3.05, 3.63) is 35.4 Å². The minimum absolute atomic E-state index is 0.0334. The molecule has 1 aliphatic carbocycles. The maximum Gasteiger partial charge on any atom is 0.409 e. The largest absolute Gasteiger partial charge is 0.488 e. The van der Waals surface area contributed by atoms with E-state index < -0.39 is 5.97 Å². The van der Waals surface area contributed by atoms with Crippen molar-refractivity contribution in [3.8, 4) is 5.75 Å². The van der Waals surface area contributed by atoms with Gasteiger partial charge in [0.05, 0.1) is 24.2 Å². The molecule has 2 aliphatic rings. The van der Waals surface area contributed by atoms with Gasteiger partial charge < -0.3 is 24.4 Å². The summed E-state index contributed by atoms with van der Waals surface area (Å²) in [5, 5.41) is 15.5. The van der Waals surface area contributed by atoms with Crippen molar-refractivity contribution in [1.82, 2.24) is 29.6 Å². The van der Waals surface area contributed by atoms with Gasteiger partial charge >= 0.3 is 12.1 Å². The van der Waals surface area contributed by atoms with Crippen LogP contribution in [0.5, 0.6) is 5.75 Å². The minimum Gasteiger partial charge on any atom is -0.488 e. The predicted octanol–water partition coefficient (Wildman–Crippen LogP) is 3.24. The summed E-state index contributed by atoms with van der Waals surface area (Å²) in [7, 11) is 5.08. The highest BCUT2D eigenvalue weighted by molar-refractivity contribution is 5.93.